The fourth-order valence-electron chi connectivity index (χ4n) is 2.33. The molecular formula is C11H20N2OS. The van der Waals surface area contributed by atoms with Gasteiger partial charge < -0.3 is 10.1 Å². The number of methoxy groups -OCH3 is 1. The number of rotatable bonds is 3. The molecule has 0 atom stereocenters. The van der Waals surface area contributed by atoms with Crippen LogP contribution < -0.4 is 5.32 Å². The largest absolute Gasteiger partial charge is 0.383 e. The lowest BCUT2D eigenvalue weighted by molar-refractivity contribution is 0.208. The number of ether oxygens (including phenoxy) is 1. The van der Waals surface area contributed by atoms with Gasteiger partial charge in [0.05, 0.1) is 13.2 Å². The van der Waals surface area contributed by atoms with Crippen molar-refractivity contribution in [3.63, 3.8) is 0 Å². The highest BCUT2D eigenvalue weighted by Crippen LogP contribution is 2.35. The van der Waals surface area contributed by atoms with Crippen molar-refractivity contribution in [1.82, 2.24) is 5.32 Å². The fourth-order valence-corrected chi connectivity index (χ4v) is 3.57. The fraction of sp³-hybridized carbons (Fsp3) is 0.909. The molecule has 1 spiro atoms. The highest BCUT2D eigenvalue weighted by Gasteiger charge is 2.37. The van der Waals surface area contributed by atoms with Gasteiger partial charge in [-0.15, -0.1) is 0 Å². The zero-order chi connectivity index (χ0) is 10.6. The van der Waals surface area contributed by atoms with Crippen molar-refractivity contribution >= 4 is 16.9 Å². The minimum absolute atomic E-state index is 0.384. The van der Waals surface area contributed by atoms with Crippen LogP contribution in [-0.2, 0) is 4.74 Å². The Balaban J connectivity index is 1.85. The van der Waals surface area contributed by atoms with Crippen LogP contribution in [0.5, 0.6) is 0 Å². The first-order valence-electron chi connectivity index (χ1n) is 5.79. The number of hydrogen-bond acceptors (Lipinski definition) is 3. The van der Waals surface area contributed by atoms with E-state index < -0.39 is 0 Å². The number of amidine groups is 1. The number of hydrogen-bond donors (Lipinski definition) is 1. The van der Waals surface area contributed by atoms with Crippen LogP contribution in [0.1, 0.15) is 32.1 Å². The zero-order valence-corrected chi connectivity index (χ0v) is 10.2. The summed E-state index contributed by atoms with van der Waals surface area (Å²) in [5.74, 6) is 1.21. The maximum atomic E-state index is 4.99. The van der Waals surface area contributed by atoms with E-state index in [1.807, 2.05) is 11.8 Å². The van der Waals surface area contributed by atoms with Gasteiger partial charge in [-0.1, -0.05) is 31.0 Å². The predicted octanol–water partition coefficient (Wildman–Crippen LogP) is 2.03. The summed E-state index contributed by atoms with van der Waals surface area (Å²) in [5.41, 5.74) is 0.384. The summed E-state index contributed by atoms with van der Waals surface area (Å²) >= 11 is 1.88. The normalized spacial score (nSPS) is 27.1. The van der Waals surface area contributed by atoms with Gasteiger partial charge in [-0.25, -0.2) is 0 Å². The zero-order valence-electron chi connectivity index (χ0n) is 9.42. The second kappa shape index (κ2) is 5.21. The highest BCUT2D eigenvalue weighted by molar-refractivity contribution is 8.14. The van der Waals surface area contributed by atoms with Crippen molar-refractivity contribution in [2.75, 3.05) is 26.0 Å². The van der Waals surface area contributed by atoms with Crippen molar-refractivity contribution in [2.45, 2.75) is 37.6 Å². The lowest BCUT2D eigenvalue weighted by Crippen LogP contribution is -2.45. The second-order valence-electron chi connectivity index (χ2n) is 4.43. The van der Waals surface area contributed by atoms with E-state index in [4.69, 9.17) is 4.74 Å². The summed E-state index contributed by atoms with van der Waals surface area (Å²) in [6, 6.07) is 0. The Labute approximate surface area is 96.1 Å². The Hall–Kier alpha value is -0.220. The molecule has 86 valence electrons. The number of aliphatic imine (C=N–C) groups is 1. The summed E-state index contributed by atoms with van der Waals surface area (Å²) in [7, 11) is 1.72. The van der Waals surface area contributed by atoms with Gasteiger partial charge in [0.25, 0.3) is 0 Å². The molecule has 1 N–H and O–H groups in total. The molecule has 0 aromatic heterocycles. The minimum atomic E-state index is 0.384. The molecule has 1 saturated heterocycles. The molecule has 0 aromatic carbocycles. The number of nitrogens with one attached hydrogen (secondary N) is 1. The van der Waals surface area contributed by atoms with Crippen LogP contribution in [-0.4, -0.2) is 36.7 Å². The molecule has 15 heavy (non-hydrogen) atoms. The molecule has 1 saturated carbocycles. The first-order valence-corrected chi connectivity index (χ1v) is 6.78. The predicted molar refractivity (Wildman–Crippen MR) is 65.6 cm³/mol. The molecule has 0 amide bonds. The molecule has 2 rings (SSSR count). The third-order valence-corrected chi connectivity index (χ3v) is 4.42. The van der Waals surface area contributed by atoms with Crippen LogP contribution in [0.2, 0.25) is 0 Å². The van der Waals surface area contributed by atoms with Crippen LogP contribution in [0.15, 0.2) is 4.99 Å². The number of thioether (sulfide) groups is 1. The molecule has 2 aliphatic rings. The molecule has 0 aromatic rings. The first kappa shape index (κ1) is 11.3. The van der Waals surface area contributed by atoms with Gasteiger partial charge in [0.2, 0.25) is 0 Å². The van der Waals surface area contributed by atoms with Crippen molar-refractivity contribution in [3.8, 4) is 0 Å². The lowest BCUT2D eigenvalue weighted by Gasteiger charge is -2.32. The SMILES string of the molecule is COCCN=C1NC2(CCCCC2)CS1. The van der Waals surface area contributed by atoms with E-state index in [0.717, 1.165) is 18.3 Å². The standard InChI is InChI=1S/C11H20N2OS/c1-14-8-7-12-10-13-11(9-15-10)5-3-2-4-6-11/h2-9H2,1H3,(H,12,13). The smallest absolute Gasteiger partial charge is 0.157 e. The molecule has 1 aliphatic heterocycles. The molecule has 1 heterocycles. The molecule has 2 fully saturated rings. The molecule has 4 heteroatoms. The monoisotopic (exact) mass is 228 g/mol. The van der Waals surface area contributed by atoms with E-state index in [9.17, 15) is 0 Å². The maximum absolute atomic E-state index is 4.99. The Morgan fingerprint density at radius 3 is 2.93 bits per heavy atom. The van der Waals surface area contributed by atoms with Gasteiger partial charge in [-0.05, 0) is 12.8 Å². The summed E-state index contributed by atoms with van der Waals surface area (Å²) in [6.45, 7) is 1.50. The van der Waals surface area contributed by atoms with Crippen molar-refractivity contribution < 1.29 is 4.74 Å². The van der Waals surface area contributed by atoms with Gasteiger partial charge in [0.1, 0.15) is 0 Å². The van der Waals surface area contributed by atoms with Crippen molar-refractivity contribution in [1.29, 1.82) is 0 Å². The van der Waals surface area contributed by atoms with Crippen LogP contribution in [0.4, 0.5) is 0 Å². The average Bonchev–Trinajstić information content (AvgIpc) is 2.63. The van der Waals surface area contributed by atoms with Crippen LogP contribution in [0, 0.1) is 0 Å². The van der Waals surface area contributed by atoms with Crippen molar-refractivity contribution in [2.24, 2.45) is 4.99 Å². The van der Waals surface area contributed by atoms with E-state index in [1.165, 1.54) is 37.9 Å². The number of nitrogens with zero attached hydrogens (tertiary/aromatic N) is 1. The third-order valence-electron chi connectivity index (χ3n) is 3.22. The average molecular weight is 228 g/mol. The van der Waals surface area contributed by atoms with Crippen LogP contribution >= 0.6 is 11.8 Å². The third kappa shape index (κ3) is 2.88. The molecule has 3 nitrogen and oxygen atoms in total. The Kier molecular flexibility index (Phi) is 3.92. The lowest BCUT2D eigenvalue weighted by atomic mass is 9.83. The van der Waals surface area contributed by atoms with E-state index >= 15 is 0 Å². The van der Waals surface area contributed by atoms with Gasteiger partial charge in [-0.3, -0.25) is 4.99 Å². The summed E-state index contributed by atoms with van der Waals surface area (Å²) in [5, 5.41) is 4.76. The first-order chi connectivity index (χ1) is 7.35. The topological polar surface area (TPSA) is 33.6 Å². The second-order valence-corrected chi connectivity index (χ2v) is 5.40. The summed E-state index contributed by atoms with van der Waals surface area (Å²) < 4.78 is 4.99. The molecular weight excluding hydrogens is 208 g/mol. The van der Waals surface area contributed by atoms with Crippen LogP contribution in [0.3, 0.4) is 0 Å². The van der Waals surface area contributed by atoms with Gasteiger partial charge in [0, 0.05) is 18.4 Å². The van der Waals surface area contributed by atoms with Crippen molar-refractivity contribution in [3.05, 3.63) is 0 Å². The molecule has 0 unspecified atom stereocenters. The quantitative estimate of drug-likeness (QED) is 0.750. The van der Waals surface area contributed by atoms with E-state index in [1.54, 1.807) is 7.11 Å². The Bertz CT molecular complexity index is 237. The summed E-state index contributed by atoms with van der Waals surface area (Å²) in [4.78, 5) is 4.51. The molecule has 0 radical (unpaired) electrons. The minimum Gasteiger partial charge on any atom is -0.383 e. The van der Waals surface area contributed by atoms with Gasteiger partial charge in [0.15, 0.2) is 5.17 Å². The Morgan fingerprint density at radius 1 is 1.40 bits per heavy atom. The van der Waals surface area contributed by atoms with E-state index in [0.29, 0.717) is 5.54 Å². The summed E-state index contributed by atoms with van der Waals surface area (Å²) in [6.07, 6.45) is 6.80. The molecule has 1 aliphatic carbocycles. The van der Waals surface area contributed by atoms with Gasteiger partial charge >= 0.3 is 0 Å². The van der Waals surface area contributed by atoms with Gasteiger partial charge in [-0.2, -0.15) is 0 Å². The highest BCUT2D eigenvalue weighted by atomic mass is 32.2. The van der Waals surface area contributed by atoms with E-state index in [-0.39, 0.29) is 0 Å². The maximum Gasteiger partial charge on any atom is 0.157 e. The van der Waals surface area contributed by atoms with E-state index in [2.05, 4.69) is 10.3 Å². The molecule has 0 bridgehead atoms. The van der Waals surface area contributed by atoms with Crippen LogP contribution in [0.25, 0.3) is 0 Å². The Morgan fingerprint density at radius 2 is 2.20 bits per heavy atom.